The van der Waals surface area contributed by atoms with E-state index in [0.717, 1.165) is 20.7 Å². The molecular weight excluding hydrogens is 424 g/mol. The van der Waals surface area contributed by atoms with Gasteiger partial charge < -0.3 is 9.55 Å². The molecule has 0 spiro atoms. The van der Waals surface area contributed by atoms with Gasteiger partial charge in [-0.05, 0) is 24.6 Å². The number of rotatable bonds is 4. The third-order valence-electron chi connectivity index (χ3n) is 5.54. The fourth-order valence-corrected chi connectivity index (χ4v) is 6.00. The van der Waals surface area contributed by atoms with Gasteiger partial charge in [0.05, 0.1) is 11.6 Å². The number of nitrogens with one attached hydrogen (secondary N) is 1. The summed E-state index contributed by atoms with van der Waals surface area (Å²) in [5.74, 6) is 0. The number of aryl methyl sites for hydroxylation is 1. The van der Waals surface area contributed by atoms with Crippen LogP contribution in [0.15, 0.2) is 40.2 Å². The number of hydrogen-bond acceptors (Lipinski definition) is 6. The number of aromatic nitrogens is 2. The van der Waals surface area contributed by atoms with Crippen LogP contribution >= 0.6 is 11.3 Å². The second kappa shape index (κ2) is 7.77. The average Bonchev–Trinajstić information content (AvgIpc) is 3.09. The van der Waals surface area contributed by atoms with Gasteiger partial charge in [-0.25, -0.2) is 8.42 Å². The minimum absolute atomic E-state index is 0.0731. The number of fused-ring (bicyclic) bond motifs is 1. The zero-order valence-electron chi connectivity index (χ0n) is 17.1. The molecule has 0 unspecified atom stereocenters. The van der Waals surface area contributed by atoms with Crippen LogP contribution in [0.1, 0.15) is 11.8 Å². The Hall–Kier alpha value is -2.27. The first-order valence-electron chi connectivity index (χ1n) is 9.64. The van der Waals surface area contributed by atoms with E-state index in [-0.39, 0.29) is 17.2 Å². The molecule has 1 aliphatic heterocycles. The first kappa shape index (κ1) is 21.0. The smallest absolute Gasteiger partial charge is 0.259 e. The van der Waals surface area contributed by atoms with Gasteiger partial charge in [-0.3, -0.25) is 14.5 Å². The number of hydrogen-bond donors (Lipinski definition) is 1. The van der Waals surface area contributed by atoms with Crippen LogP contribution in [0, 0.1) is 0 Å². The van der Waals surface area contributed by atoms with Crippen LogP contribution in [-0.4, -0.2) is 59.1 Å². The van der Waals surface area contributed by atoms with Crippen LogP contribution in [0.5, 0.6) is 0 Å². The van der Waals surface area contributed by atoms with Gasteiger partial charge in [0.15, 0.2) is 0 Å². The predicted octanol–water partition coefficient (Wildman–Crippen LogP) is 1.42. The summed E-state index contributed by atoms with van der Waals surface area (Å²) in [7, 11) is -1.48. The van der Waals surface area contributed by atoms with Gasteiger partial charge in [0.25, 0.3) is 5.56 Å². The minimum Gasteiger partial charge on any atom is -0.329 e. The first-order valence-corrected chi connectivity index (χ1v) is 12.3. The van der Waals surface area contributed by atoms with Crippen molar-refractivity contribution in [2.75, 3.05) is 25.9 Å². The summed E-state index contributed by atoms with van der Waals surface area (Å²) in [4.78, 5) is 30.4. The Morgan fingerprint density at radius 2 is 2.00 bits per heavy atom. The number of pyridine rings is 2. The molecule has 4 rings (SSSR count). The highest BCUT2D eigenvalue weighted by atomic mass is 32.2. The Balaban J connectivity index is 1.69. The molecule has 0 saturated carbocycles. The Bertz CT molecular complexity index is 1320. The lowest BCUT2D eigenvalue weighted by molar-refractivity contribution is 0.123. The summed E-state index contributed by atoms with van der Waals surface area (Å²) in [6.45, 7) is 4.24. The fraction of sp³-hybridized carbons (Fsp3) is 0.400. The van der Waals surface area contributed by atoms with Crippen LogP contribution in [0.2, 0.25) is 0 Å². The summed E-state index contributed by atoms with van der Waals surface area (Å²) in [6, 6.07) is 5.36. The molecule has 1 saturated heterocycles. The van der Waals surface area contributed by atoms with E-state index >= 15 is 0 Å². The van der Waals surface area contributed by atoms with E-state index in [1.807, 2.05) is 19.1 Å². The van der Waals surface area contributed by atoms with Crippen molar-refractivity contribution in [1.29, 1.82) is 0 Å². The molecule has 3 aromatic rings. The zero-order valence-corrected chi connectivity index (χ0v) is 18.7. The Labute approximate surface area is 178 Å². The molecule has 0 aromatic carbocycles. The Kier molecular flexibility index (Phi) is 5.43. The van der Waals surface area contributed by atoms with Gasteiger partial charge >= 0.3 is 0 Å². The topological polar surface area (TPSA) is 95.5 Å². The third-order valence-corrected chi connectivity index (χ3v) is 7.97. The van der Waals surface area contributed by atoms with E-state index in [1.54, 1.807) is 35.3 Å². The van der Waals surface area contributed by atoms with Crippen LogP contribution in [0.25, 0.3) is 21.2 Å². The van der Waals surface area contributed by atoms with E-state index in [0.29, 0.717) is 31.6 Å². The summed E-state index contributed by atoms with van der Waals surface area (Å²) in [5, 5.41) is 0.637. The molecule has 1 atom stereocenters. The normalized spacial score (nSPS) is 18.8. The highest BCUT2D eigenvalue weighted by molar-refractivity contribution is 7.88. The molecule has 0 amide bonds. The number of thiophene rings is 1. The molecule has 3 aromatic heterocycles. The zero-order chi connectivity index (χ0) is 21.6. The molecule has 0 aliphatic carbocycles. The number of piperazine rings is 1. The lowest BCUT2D eigenvalue weighted by atomic mass is 10.1. The minimum atomic E-state index is -3.19. The molecule has 0 bridgehead atoms. The second-order valence-electron chi connectivity index (χ2n) is 7.80. The predicted molar refractivity (Wildman–Crippen MR) is 119 cm³/mol. The number of nitrogens with zero attached hydrogens (tertiary/aromatic N) is 3. The van der Waals surface area contributed by atoms with Crippen molar-refractivity contribution < 1.29 is 8.42 Å². The van der Waals surface area contributed by atoms with Crippen LogP contribution in [0.3, 0.4) is 0 Å². The molecule has 1 N–H and O–H groups in total. The van der Waals surface area contributed by atoms with Crippen LogP contribution in [-0.2, 0) is 23.6 Å². The summed E-state index contributed by atoms with van der Waals surface area (Å²) >= 11 is 1.55. The molecular formula is C20H24N4O4S2. The van der Waals surface area contributed by atoms with Crippen LogP contribution in [0.4, 0.5) is 0 Å². The quantitative estimate of drug-likeness (QED) is 0.651. The van der Waals surface area contributed by atoms with Crippen molar-refractivity contribution in [1.82, 2.24) is 18.8 Å². The maximum absolute atomic E-state index is 12.7. The Morgan fingerprint density at radius 1 is 1.23 bits per heavy atom. The van der Waals surface area contributed by atoms with E-state index in [9.17, 15) is 18.0 Å². The van der Waals surface area contributed by atoms with Gasteiger partial charge in [-0.15, -0.1) is 11.3 Å². The summed E-state index contributed by atoms with van der Waals surface area (Å²) in [6.07, 6.45) is 4.62. The molecule has 30 heavy (non-hydrogen) atoms. The molecule has 1 aliphatic rings. The molecule has 0 radical (unpaired) electrons. The van der Waals surface area contributed by atoms with Crippen molar-refractivity contribution in [3.8, 4) is 11.1 Å². The van der Waals surface area contributed by atoms with Gasteiger partial charge in [0, 0.05) is 72.9 Å². The standard InChI is InChI=1S/C20H24N4O4S2/c1-13-10-24(30(3,27)28)7-6-23(13)11-15-9-16-19(29-15)17(12-22(2)20(16)26)14-4-5-21-18(25)8-14/h4-5,8-9,12-13H,6-7,10-11H2,1-3H3,(H,21,25)/t13-/m1/s1. The second-order valence-corrected chi connectivity index (χ2v) is 10.9. The number of sulfonamides is 1. The monoisotopic (exact) mass is 448 g/mol. The van der Waals surface area contributed by atoms with E-state index < -0.39 is 10.0 Å². The number of aromatic amines is 1. The SMILES string of the molecule is C[C@@H]1CN(S(C)(=O)=O)CCN1Cc1cc2c(=O)n(C)cc(-c3cc[nH]c(=O)c3)c2s1. The van der Waals surface area contributed by atoms with Gasteiger partial charge in [-0.1, -0.05) is 0 Å². The molecule has 160 valence electrons. The first-order chi connectivity index (χ1) is 14.1. The number of H-pyrrole nitrogens is 1. The average molecular weight is 449 g/mol. The third kappa shape index (κ3) is 4.00. The molecule has 8 nitrogen and oxygen atoms in total. The van der Waals surface area contributed by atoms with E-state index in [1.165, 1.54) is 16.6 Å². The van der Waals surface area contributed by atoms with Gasteiger partial charge in [0.2, 0.25) is 15.6 Å². The summed E-state index contributed by atoms with van der Waals surface area (Å²) in [5.41, 5.74) is 1.35. The van der Waals surface area contributed by atoms with Gasteiger partial charge in [-0.2, -0.15) is 4.31 Å². The van der Waals surface area contributed by atoms with E-state index in [2.05, 4.69) is 9.88 Å². The molecule has 4 heterocycles. The summed E-state index contributed by atoms with van der Waals surface area (Å²) < 4.78 is 27.6. The van der Waals surface area contributed by atoms with Crippen LogP contribution < -0.4 is 11.1 Å². The molecule has 10 heteroatoms. The van der Waals surface area contributed by atoms with Crippen molar-refractivity contribution in [2.24, 2.45) is 7.05 Å². The lowest BCUT2D eigenvalue weighted by Gasteiger charge is -2.38. The highest BCUT2D eigenvalue weighted by Gasteiger charge is 2.29. The van der Waals surface area contributed by atoms with Crippen molar-refractivity contribution in [3.63, 3.8) is 0 Å². The maximum atomic E-state index is 12.7. The van der Waals surface area contributed by atoms with Crippen molar-refractivity contribution >= 4 is 31.4 Å². The lowest BCUT2D eigenvalue weighted by Crippen LogP contribution is -2.52. The molecule has 1 fully saturated rings. The van der Waals surface area contributed by atoms with Gasteiger partial charge in [0.1, 0.15) is 0 Å². The Morgan fingerprint density at radius 3 is 2.67 bits per heavy atom. The fourth-order valence-electron chi connectivity index (χ4n) is 3.90. The van der Waals surface area contributed by atoms with Crippen molar-refractivity contribution in [2.45, 2.75) is 19.5 Å². The van der Waals surface area contributed by atoms with E-state index in [4.69, 9.17) is 0 Å². The highest BCUT2D eigenvalue weighted by Crippen LogP contribution is 2.33. The largest absolute Gasteiger partial charge is 0.329 e. The maximum Gasteiger partial charge on any atom is 0.259 e. The van der Waals surface area contributed by atoms with Crippen molar-refractivity contribution in [3.05, 3.63) is 56.2 Å².